The average Bonchev–Trinajstić information content (AvgIpc) is 3.14. The predicted molar refractivity (Wildman–Crippen MR) is 82.4 cm³/mol. The summed E-state index contributed by atoms with van der Waals surface area (Å²) in [5.41, 5.74) is 2.87. The van der Waals surface area contributed by atoms with Crippen molar-refractivity contribution in [1.29, 1.82) is 0 Å². The van der Waals surface area contributed by atoms with Crippen LogP contribution in [0, 0.1) is 5.92 Å². The summed E-state index contributed by atoms with van der Waals surface area (Å²) in [6.45, 7) is 5.60. The number of hydrogen-bond donors (Lipinski definition) is 1. The largest absolute Gasteiger partial charge is 0.312 e. The van der Waals surface area contributed by atoms with E-state index < -0.39 is 0 Å². The van der Waals surface area contributed by atoms with E-state index >= 15 is 0 Å². The quantitative estimate of drug-likeness (QED) is 0.809. The smallest absolute Gasteiger partial charge is 0.0466 e. The maximum atomic E-state index is 3.64. The van der Waals surface area contributed by atoms with Crippen molar-refractivity contribution in [3.05, 3.63) is 35.4 Å². The zero-order valence-electron chi connectivity index (χ0n) is 12.8. The lowest BCUT2D eigenvalue weighted by Crippen LogP contribution is -2.32. The minimum atomic E-state index is 0.480. The van der Waals surface area contributed by atoms with Gasteiger partial charge in [-0.3, -0.25) is 0 Å². The molecule has 0 spiro atoms. The van der Waals surface area contributed by atoms with Crippen LogP contribution in [0.15, 0.2) is 24.3 Å². The highest BCUT2D eigenvalue weighted by atomic mass is 15.1. The number of nitrogens with one attached hydrogen (secondary N) is 1. The van der Waals surface area contributed by atoms with Gasteiger partial charge in [-0.05, 0) is 50.4 Å². The first-order valence-corrected chi connectivity index (χ1v) is 7.55. The summed E-state index contributed by atoms with van der Waals surface area (Å²) in [4.78, 5) is 2.31. The fraction of sp³-hybridized carbons (Fsp3) is 0.647. The van der Waals surface area contributed by atoms with Crippen LogP contribution < -0.4 is 5.32 Å². The lowest BCUT2D eigenvalue weighted by Gasteiger charge is -2.25. The molecule has 1 fully saturated rings. The van der Waals surface area contributed by atoms with Crippen LogP contribution in [0.5, 0.6) is 0 Å². The van der Waals surface area contributed by atoms with Crippen molar-refractivity contribution in [2.24, 2.45) is 5.92 Å². The molecule has 0 saturated heterocycles. The van der Waals surface area contributed by atoms with Crippen LogP contribution in [0.4, 0.5) is 0 Å². The van der Waals surface area contributed by atoms with Crippen LogP contribution in [-0.2, 0) is 6.42 Å². The van der Waals surface area contributed by atoms with E-state index in [2.05, 4.69) is 62.4 Å². The Kier molecular flexibility index (Phi) is 5.00. The summed E-state index contributed by atoms with van der Waals surface area (Å²) < 4.78 is 0. The molecule has 0 aromatic heterocycles. The Morgan fingerprint density at radius 2 is 1.79 bits per heavy atom. The van der Waals surface area contributed by atoms with Gasteiger partial charge in [0, 0.05) is 18.6 Å². The normalized spacial score (nSPS) is 17.2. The Labute approximate surface area is 118 Å². The van der Waals surface area contributed by atoms with Crippen LogP contribution in [0.2, 0.25) is 0 Å². The minimum Gasteiger partial charge on any atom is -0.312 e. The molecular formula is C17H28N2. The Bertz CT molecular complexity index is 377. The average molecular weight is 260 g/mol. The third kappa shape index (κ3) is 4.63. The number of likely N-dealkylation sites (N-methyl/N-ethyl adjacent to an activating group) is 1. The number of hydrogen-bond acceptors (Lipinski definition) is 2. The third-order valence-electron chi connectivity index (χ3n) is 3.81. The number of nitrogens with zero attached hydrogens (tertiary/aromatic N) is 1. The van der Waals surface area contributed by atoms with Gasteiger partial charge in [0.1, 0.15) is 0 Å². The highest BCUT2D eigenvalue weighted by molar-refractivity contribution is 5.25. The van der Waals surface area contributed by atoms with Crippen molar-refractivity contribution < 1.29 is 0 Å². The Hall–Kier alpha value is -0.860. The second-order valence-electron chi connectivity index (χ2n) is 6.50. The molecule has 1 aromatic rings. The molecule has 0 bridgehead atoms. The van der Waals surface area contributed by atoms with E-state index in [1.54, 1.807) is 0 Å². The van der Waals surface area contributed by atoms with Crippen molar-refractivity contribution in [2.45, 2.75) is 45.2 Å². The van der Waals surface area contributed by atoms with Crippen molar-refractivity contribution in [3.8, 4) is 0 Å². The van der Waals surface area contributed by atoms with Crippen LogP contribution in [-0.4, -0.2) is 31.6 Å². The Balaban J connectivity index is 1.99. The Morgan fingerprint density at radius 1 is 1.16 bits per heavy atom. The van der Waals surface area contributed by atoms with Gasteiger partial charge in [-0.25, -0.2) is 0 Å². The van der Waals surface area contributed by atoms with Gasteiger partial charge in [0.15, 0.2) is 0 Å². The SMILES string of the molecule is CC(C)Cc1ccc(C(CNC2CC2)N(C)C)cc1. The van der Waals surface area contributed by atoms with E-state index in [1.165, 1.54) is 30.4 Å². The van der Waals surface area contributed by atoms with Crippen molar-refractivity contribution in [2.75, 3.05) is 20.6 Å². The molecule has 1 aromatic carbocycles. The highest BCUT2D eigenvalue weighted by Gasteiger charge is 2.23. The molecule has 19 heavy (non-hydrogen) atoms. The lowest BCUT2D eigenvalue weighted by molar-refractivity contribution is 0.288. The van der Waals surface area contributed by atoms with Gasteiger partial charge in [0.05, 0.1) is 0 Å². The van der Waals surface area contributed by atoms with E-state index in [9.17, 15) is 0 Å². The van der Waals surface area contributed by atoms with Gasteiger partial charge in [-0.15, -0.1) is 0 Å². The van der Waals surface area contributed by atoms with Gasteiger partial charge in [0.25, 0.3) is 0 Å². The standard InChI is InChI=1S/C17H28N2/c1-13(2)11-14-5-7-15(8-6-14)17(19(3)4)12-18-16-9-10-16/h5-8,13,16-18H,9-12H2,1-4H3. The molecule has 2 rings (SSSR count). The van der Waals surface area contributed by atoms with Crippen molar-refractivity contribution in [1.82, 2.24) is 10.2 Å². The maximum Gasteiger partial charge on any atom is 0.0466 e. The number of benzene rings is 1. The molecule has 1 N–H and O–H groups in total. The van der Waals surface area contributed by atoms with Crippen LogP contribution >= 0.6 is 0 Å². The highest BCUT2D eigenvalue weighted by Crippen LogP contribution is 2.23. The van der Waals surface area contributed by atoms with Gasteiger partial charge in [-0.1, -0.05) is 38.1 Å². The molecule has 1 aliphatic rings. The molecule has 1 atom stereocenters. The van der Waals surface area contributed by atoms with Crippen molar-refractivity contribution in [3.63, 3.8) is 0 Å². The topological polar surface area (TPSA) is 15.3 Å². The van der Waals surface area contributed by atoms with Crippen molar-refractivity contribution >= 4 is 0 Å². The summed E-state index contributed by atoms with van der Waals surface area (Å²) >= 11 is 0. The molecule has 1 aliphatic carbocycles. The molecule has 0 heterocycles. The fourth-order valence-corrected chi connectivity index (χ4v) is 2.51. The molecule has 2 heteroatoms. The molecule has 0 amide bonds. The second kappa shape index (κ2) is 6.53. The van der Waals surface area contributed by atoms with E-state index in [4.69, 9.17) is 0 Å². The summed E-state index contributed by atoms with van der Waals surface area (Å²) in [5, 5.41) is 3.64. The number of rotatable bonds is 7. The molecule has 0 radical (unpaired) electrons. The van der Waals surface area contributed by atoms with E-state index in [0.29, 0.717) is 6.04 Å². The zero-order chi connectivity index (χ0) is 13.8. The second-order valence-corrected chi connectivity index (χ2v) is 6.50. The van der Waals surface area contributed by atoms with Crippen LogP contribution in [0.25, 0.3) is 0 Å². The lowest BCUT2D eigenvalue weighted by atomic mass is 9.99. The van der Waals surface area contributed by atoms with E-state index in [0.717, 1.165) is 18.5 Å². The third-order valence-corrected chi connectivity index (χ3v) is 3.81. The first kappa shape index (κ1) is 14.5. The zero-order valence-corrected chi connectivity index (χ0v) is 12.8. The maximum absolute atomic E-state index is 3.64. The van der Waals surface area contributed by atoms with E-state index in [1.807, 2.05) is 0 Å². The first-order chi connectivity index (χ1) is 9.06. The molecular weight excluding hydrogens is 232 g/mol. The van der Waals surface area contributed by atoms with Crippen LogP contribution in [0.3, 0.4) is 0 Å². The predicted octanol–water partition coefficient (Wildman–Crippen LogP) is 3.24. The molecule has 2 nitrogen and oxygen atoms in total. The van der Waals surface area contributed by atoms with Gasteiger partial charge in [0.2, 0.25) is 0 Å². The van der Waals surface area contributed by atoms with E-state index in [-0.39, 0.29) is 0 Å². The van der Waals surface area contributed by atoms with Crippen LogP contribution in [0.1, 0.15) is 43.9 Å². The fourth-order valence-electron chi connectivity index (χ4n) is 2.51. The van der Waals surface area contributed by atoms with Gasteiger partial charge >= 0.3 is 0 Å². The molecule has 106 valence electrons. The summed E-state index contributed by atoms with van der Waals surface area (Å²) in [5.74, 6) is 0.729. The minimum absolute atomic E-state index is 0.480. The molecule has 0 aliphatic heterocycles. The van der Waals surface area contributed by atoms with Gasteiger partial charge in [-0.2, -0.15) is 0 Å². The summed E-state index contributed by atoms with van der Waals surface area (Å²) in [6.07, 6.45) is 3.88. The molecule has 1 saturated carbocycles. The molecule has 1 unspecified atom stereocenters. The summed E-state index contributed by atoms with van der Waals surface area (Å²) in [7, 11) is 4.34. The first-order valence-electron chi connectivity index (χ1n) is 7.55. The Morgan fingerprint density at radius 3 is 2.26 bits per heavy atom. The monoisotopic (exact) mass is 260 g/mol. The van der Waals surface area contributed by atoms with Gasteiger partial charge < -0.3 is 10.2 Å². The summed E-state index contributed by atoms with van der Waals surface area (Å²) in [6, 6.07) is 10.5.